The Morgan fingerprint density at radius 2 is 1.59 bits per heavy atom. The molecule has 0 aromatic heterocycles. The van der Waals surface area contributed by atoms with E-state index in [1.54, 1.807) is 6.07 Å². The van der Waals surface area contributed by atoms with Crippen LogP contribution in [0.2, 0.25) is 0 Å². The highest BCUT2D eigenvalue weighted by atomic mass is 19.1. The van der Waals surface area contributed by atoms with Crippen molar-refractivity contribution in [2.75, 3.05) is 13.1 Å². The van der Waals surface area contributed by atoms with E-state index in [2.05, 4.69) is 68.0 Å². The minimum atomic E-state index is -0.318. The molecule has 0 spiro atoms. The van der Waals surface area contributed by atoms with E-state index in [0.29, 0.717) is 31.6 Å². The van der Waals surface area contributed by atoms with Crippen molar-refractivity contribution in [3.05, 3.63) is 95.8 Å². The summed E-state index contributed by atoms with van der Waals surface area (Å²) >= 11 is 0. The van der Waals surface area contributed by atoms with Gasteiger partial charge in [0.2, 0.25) is 5.91 Å². The van der Waals surface area contributed by atoms with Gasteiger partial charge in [0.25, 0.3) is 0 Å². The lowest BCUT2D eigenvalue weighted by Crippen LogP contribution is -2.63. The number of benzene rings is 3. The van der Waals surface area contributed by atoms with Gasteiger partial charge in [-0.3, -0.25) is 4.79 Å². The first-order valence-corrected chi connectivity index (χ1v) is 14.9. The van der Waals surface area contributed by atoms with Crippen molar-refractivity contribution < 1.29 is 9.18 Å². The predicted octanol–water partition coefficient (Wildman–Crippen LogP) is 6.16. The van der Waals surface area contributed by atoms with E-state index in [1.807, 2.05) is 60.7 Å². The Labute approximate surface area is 245 Å². The summed E-state index contributed by atoms with van der Waals surface area (Å²) in [6.45, 7) is 12.9. The molecule has 1 fully saturated rings. The quantitative estimate of drug-likeness (QED) is 0.201. The molecular formula is C35H47FN4O. The molecule has 3 aromatic carbocycles. The van der Waals surface area contributed by atoms with Crippen molar-refractivity contribution >= 4 is 5.91 Å². The van der Waals surface area contributed by atoms with Crippen LogP contribution in [0.1, 0.15) is 70.9 Å². The fourth-order valence-corrected chi connectivity index (χ4v) is 6.26. The van der Waals surface area contributed by atoms with Gasteiger partial charge in [0, 0.05) is 35.8 Å². The molecule has 0 radical (unpaired) electrons. The highest BCUT2D eigenvalue weighted by Crippen LogP contribution is 2.29. The zero-order valence-corrected chi connectivity index (χ0v) is 25.3. The van der Waals surface area contributed by atoms with Crippen molar-refractivity contribution in [2.24, 2.45) is 0 Å². The van der Waals surface area contributed by atoms with Gasteiger partial charge in [-0.05, 0) is 82.2 Å². The lowest BCUT2D eigenvalue weighted by Gasteiger charge is -2.46. The van der Waals surface area contributed by atoms with Gasteiger partial charge in [-0.1, -0.05) is 79.7 Å². The number of piperidine rings is 1. The third-order valence-electron chi connectivity index (χ3n) is 7.96. The van der Waals surface area contributed by atoms with E-state index in [9.17, 15) is 9.18 Å². The second-order valence-corrected chi connectivity index (χ2v) is 12.9. The maximum absolute atomic E-state index is 14.9. The molecule has 2 unspecified atom stereocenters. The number of carbonyl (C=O) groups excluding carboxylic acids is 1. The Morgan fingerprint density at radius 3 is 2.22 bits per heavy atom. The first kappa shape index (κ1) is 30.9. The highest BCUT2D eigenvalue weighted by molar-refractivity contribution is 5.82. The van der Waals surface area contributed by atoms with Crippen LogP contribution in [-0.4, -0.2) is 42.2 Å². The number of hydrogen-bond donors (Lipinski definition) is 4. The summed E-state index contributed by atoms with van der Waals surface area (Å²) in [4.78, 5) is 13.5. The van der Waals surface area contributed by atoms with Crippen LogP contribution in [0.4, 0.5) is 4.39 Å². The van der Waals surface area contributed by atoms with Crippen LogP contribution in [0.5, 0.6) is 0 Å². The number of halogens is 1. The van der Waals surface area contributed by atoms with Gasteiger partial charge in [-0.25, -0.2) is 4.39 Å². The summed E-state index contributed by atoms with van der Waals surface area (Å²) in [5.41, 5.74) is 3.53. The van der Waals surface area contributed by atoms with Crippen molar-refractivity contribution in [1.82, 2.24) is 21.3 Å². The van der Waals surface area contributed by atoms with Gasteiger partial charge in [-0.2, -0.15) is 0 Å². The van der Waals surface area contributed by atoms with Crippen LogP contribution in [0.25, 0.3) is 11.1 Å². The maximum Gasteiger partial charge on any atom is 0.237 e. The summed E-state index contributed by atoms with van der Waals surface area (Å²) < 4.78 is 14.9. The van der Waals surface area contributed by atoms with Crippen LogP contribution in [0.3, 0.4) is 0 Å². The van der Waals surface area contributed by atoms with E-state index in [-0.39, 0.29) is 40.8 Å². The molecule has 0 bridgehead atoms. The van der Waals surface area contributed by atoms with Gasteiger partial charge in [0.05, 0.1) is 6.04 Å². The third-order valence-corrected chi connectivity index (χ3v) is 7.96. The SMILES string of the molecule is CC(CNCCC(NCc1ccccc1)C(=O)NC1CC(C)(C)NC(C)(C)C1)c1ccc(-c2ccccc2)c(F)c1. The molecule has 0 aliphatic carbocycles. The smallest absolute Gasteiger partial charge is 0.237 e. The molecular weight excluding hydrogens is 511 g/mol. The molecule has 1 aliphatic rings. The predicted molar refractivity (Wildman–Crippen MR) is 167 cm³/mol. The minimum Gasteiger partial charge on any atom is -0.352 e. The standard InChI is InChI=1S/C35H47FN4O/c1-25(28-16-17-30(31(36)20-28)27-14-10-7-11-15-27)23-37-19-18-32(38-24-26-12-8-6-9-13-26)33(41)39-29-21-34(2,3)40-35(4,5)22-29/h6-17,20,25,29,32,37-38,40H,18-19,21-24H2,1-5H3,(H,39,41). The Kier molecular flexibility index (Phi) is 10.3. The number of amides is 1. The Bertz CT molecular complexity index is 1250. The Hall–Kier alpha value is -3.06. The van der Waals surface area contributed by atoms with Crippen LogP contribution < -0.4 is 21.3 Å². The van der Waals surface area contributed by atoms with E-state index in [0.717, 1.165) is 29.5 Å². The molecule has 0 saturated carbocycles. The summed E-state index contributed by atoms with van der Waals surface area (Å²) in [5.74, 6) is -0.0161. The normalized spacial score (nSPS) is 18.0. The molecule has 3 aromatic rings. The zero-order valence-electron chi connectivity index (χ0n) is 25.3. The first-order valence-electron chi connectivity index (χ1n) is 14.9. The van der Waals surface area contributed by atoms with E-state index in [4.69, 9.17) is 0 Å². The number of hydrogen-bond acceptors (Lipinski definition) is 4. The van der Waals surface area contributed by atoms with Crippen LogP contribution in [0, 0.1) is 5.82 Å². The Morgan fingerprint density at radius 1 is 0.951 bits per heavy atom. The van der Waals surface area contributed by atoms with Crippen LogP contribution in [0.15, 0.2) is 78.9 Å². The lowest BCUT2D eigenvalue weighted by molar-refractivity contribution is -0.124. The van der Waals surface area contributed by atoms with Crippen molar-refractivity contribution in [3.8, 4) is 11.1 Å². The molecule has 2 atom stereocenters. The molecule has 6 heteroatoms. The number of rotatable bonds is 12. The van der Waals surface area contributed by atoms with Crippen LogP contribution in [-0.2, 0) is 11.3 Å². The van der Waals surface area contributed by atoms with E-state index < -0.39 is 0 Å². The summed E-state index contributed by atoms with van der Waals surface area (Å²) in [5, 5.41) is 14.1. The summed E-state index contributed by atoms with van der Waals surface area (Å²) in [7, 11) is 0. The minimum absolute atomic E-state index is 0.0386. The molecule has 1 heterocycles. The average molecular weight is 559 g/mol. The van der Waals surface area contributed by atoms with E-state index >= 15 is 0 Å². The maximum atomic E-state index is 14.9. The van der Waals surface area contributed by atoms with Crippen molar-refractivity contribution in [1.29, 1.82) is 0 Å². The fourth-order valence-electron chi connectivity index (χ4n) is 6.26. The summed E-state index contributed by atoms with van der Waals surface area (Å²) in [6.07, 6.45) is 2.44. The second-order valence-electron chi connectivity index (χ2n) is 12.9. The van der Waals surface area contributed by atoms with Gasteiger partial charge in [0.15, 0.2) is 0 Å². The zero-order chi connectivity index (χ0) is 29.5. The fraction of sp³-hybridized carbons (Fsp3) is 0.457. The van der Waals surface area contributed by atoms with Gasteiger partial charge >= 0.3 is 0 Å². The third kappa shape index (κ3) is 9.22. The monoisotopic (exact) mass is 558 g/mol. The average Bonchev–Trinajstić information content (AvgIpc) is 2.91. The molecule has 41 heavy (non-hydrogen) atoms. The molecule has 1 aliphatic heterocycles. The van der Waals surface area contributed by atoms with Gasteiger partial charge in [-0.15, -0.1) is 0 Å². The highest BCUT2D eigenvalue weighted by Gasteiger charge is 2.38. The molecule has 5 nitrogen and oxygen atoms in total. The summed E-state index contributed by atoms with van der Waals surface area (Å²) in [6, 6.07) is 25.1. The van der Waals surface area contributed by atoms with Crippen LogP contribution >= 0.6 is 0 Å². The van der Waals surface area contributed by atoms with Gasteiger partial charge in [0.1, 0.15) is 5.82 Å². The molecule has 4 N–H and O–H groups in total. The topological polar surface area (TPSA) is 65.2 Å². The number of nitrogens with one attached hydrogen (secondary N) is 4. The van der Waals surface area contributed by atoms with E-state index in [1.165, 1.54) is 0 Å². The molecule has 1 saturated heterocycles. The largest absolute Gasteiger partial charge is 0.352 e. The first-order chi connectivity index (χ1) is 19.5. The number of carbonyl (C=O) groups is 1. The van der Waals surface area contributed by atoms with Crippen molar-refractivity contribution in [3.63, 3.8) is 0 Å². The molecule has 220 valence electrons. The molecule has 4 rings (SSSR count). The Balaban J connectivity index is 1.33. The second kappa shape index (κ2) is 13.7. The van der Waals surface area contributed by atoms with Crippen molar-refractivity contribution in [2.45, 2.75) is 89.5 Å². The van der Waals surface area contributed by atoms with Gasteiger partial charge < -0.3 is 21.3 Å². The lowest BCUT2D eigenvalue weighted by atomic mass is 9.79. The molecule has 1 amide bonds.